The second-order valence-electron chi connectivity index (χ2n) is 6.96. The number of aliphatic hydroxyl groups excluding tert-OH is 1. The Hall–Kier alpha value is -2.46. The van der Waals surface area contributed by atoms with Crippen molar-refractivity contribution in [3.8, 4) is 17.0 Å². The normalized spacial score (nSPS) is 19.7. The molecule has 1 aliphatic carbocycles. The molecule has 1 saturated carbocycles. The second kappa shape index (κ2) is 6.12. The number of aromatic nitrogens is 2. The molecule has 4 rings (SSSR count). The molecule has 0 aliphatic heterocycles. The Kier molecular flexibility index (Phi) is 3.92. The van der Waals surface area contributed by atoms with E-state index in [4.69, 9.17) is 14.7 Å². The highest BCUT2D eigenvalue weighted by Crippen LogP contribution is 2.37. The summed E-state index contributed by atoms with van der Waals surface area (Å²) >= 11 is 0. The van der Waals surface area contributed by atoms with Crippen LogP contribution in [-0.2, 0) is 0 Å². The van der Waals surface area contributed by atoms with Crippen LogP contribution in [0.1, 0.15) is 35.6 Å². The van der Waals surface area contributed by atoms with Crippen molar-refractivity contribution in [1.29, 1.82) is 0 Å². The van der Waals surface area contributed by atoms with E-state index >= 15 is 0 Å². The number of pyridine rings is 2. The van der Waals surface area contributed by atoms with Gasteiger partial charge < -0.3 is 9.84 Å². The van der Waals surface area contributed by atoms with Gasteiger partial charge in [-0.3, -0.25) is 0 Å². The van der Waals surface area contributed by atoms with Crippen LogP contribution in [0, 0.1) is 13.8 Å². The Morgan fingerprint density at radius 3 is 2.52 bits per heavy atom. The van der Waals surface area contributed by atoms with E-state index in [1.807, 2.05) is 12.1 Å². The number of fused-ring (bicyclic) bond motifs is 1. The molecule has 25 heavy (non-hydrogen) atoms. The third-order valence-electron chi connectivity index (χ3n) is 5.03. The van der Waals surface area contributed by atoms with Crippen LogP contribution in [0.4, 0.5) is 0 Å². The first-order valence-corrected chi connectivity index (χ1v) is 8.66. The molecule has 1 fully saturated rings. The van der Waals surface area contributed by atoms with Crippen LogP contribution in [0.5, 0.6) is 5.75 Å². The van der Waals surface area contributed by atoms with Gasteiger partial charge in [-0.15, -0.1) is 0 Å². The number of benzene rings is 1. The molecule has 1 aromatic carbocycles. The van der Waals surface area contributed by atoms with Crippen molar-refractivity contribution < 1.29 is 9.84 Å². The zero-order valence-corrected chi connectivity index (χ0v) is 14.8. The topological polar surface area (TPSA) is 55.2 Å². The van der Waals surface area contributed by atoms with Crippen LogP contribution in [0.15, 0.2) is 36.4 Å². The summed E-state index contributed by atoms with van der Waals surface area (Å²) in [5.41, 5.74) is 5.97. The van der Waals surface area contributed by atoms with Gasteiger partial charge in [0.1, 0.15) is 5.75 Å². The minimum atomic E-state index is -0.179. The lowest BCUT2D eigenvalue weighted by molar-refractivity contribution is 0.0733. The number of ether oxygens (including phenoxy) is 1. The summed E-state index contributed by atoms with van der Waals surface area (Å²) in [6, 6.07) is 12.4. The summed E-state index contributed by atoms with van der Waals surface area (Å²) in [7, 11) is 1.69. The quantitative estimate of drug-likeness (QED) is 0.781. The average molecular weight is 334 g/mol. The molecule has 0 radical (unpaired) electrons. The number of hydrogen-bond donors (Lipinski definition) is 1. The van der Waals surface area contributed by atoms with Gasteiger partial charge >= 0.3 is 0 Å². The van der Waals surface area contributed by atoms with Crippen molar-refractivity contribution in [2.24, 2.45) is 0 Å². The zero-order valence-electron chi connectivity index (χ0n) is 14.8. The number of methoxy groups -OCH3 is 1. The van der Waals surface area contributed by atoms with Crippen LogP contribution in [0.25, 0.3) is 22.3 Å². The number of hydrogen-bond acceptors (Lipinski definition) is 4. The molecule has 4 nitrogen and oxygen atoms in total. The number of rotatable bonds is 3. The van der Waals surface area contributed by atoms with E-state index in [1.165, 1.54) is 5.56 Å². The largest absolute Gasteiger partial charge is 0.496 e. The number of aryl methyl sites for hydroxylation is 2. The minimum Gasteiger partial charge on any atom is -0.496 e. The van der Waals surface area contributed by atoms with Crippen molar-refractivity contribution in [2.45, 2.75) is 38.7 Å². The lowest BCUT2D eigenvalue weighted by Crippen LogP contribution is -2.27. The van der Waals surface area contributed by atoms with Crippen LogP contribution in [0.3, 0.4) is 0 Å². The van der Waals surface area contributed by atoms with Crippen molar-refractivity contribution in [3.05, 3.63) is 53.2 Å². The van der Waals surface area contributed by atoms with Gasteiger partial charge in [0.05, 0.1) is 18.9 Å². The molecule has 128 valence electrons. The van der Waals surface area contributed by atoms with Crippen molar-refractivity contribution in [2.75, 3.05) is 7.11 Å². The van der Waals surface area contributed by atoms with Gasteiger partial charge in [-0.05, 0) is 68.1 Å². The van der Waals surface area contributed by atoms with Crippen LogP contribution < -0.4 is 4.74 Å². The van der Waals surface area contributed by atoms with Crippen LogP contribution >= 0.6 is 0 Å². The fraction of sp³-hybridized carbons (Fsp3) is 0.333. The van der Waals surface area contributed by atoms with Crippen molar-refractivity contribution >= 4 is 11.0 Å². The molecule has 0 bridgehead atoms. The van der Waals surface area contributed by atoms with E-state index in [0.29, 0.717) is 5.92 Å². The molecule has 4 heteroatoms. The molecule has 0 saturated heterocycles. The Bertz CT molecular complexity index is 946. The summed E-state index contributed by atoms with van der Waals surface area (Å²) in [5, 5.41) is 10.6. The summed E-state index contributed by atoms with van der Waals surface area (Å²) in [5.74, 6) is 1.18. The molecule has 1 N–H and O–H groups in total. The monoisotopic (exact) mass is 334 g/mol. The molecule has 2 aromatic heterocycles. The number of nitrogens with zero attached hydrogens (tertiary/aromatic N) is 2. The van der Waals surface area contributed by atoms with Gasteiger partial charge in [0, 0.05) is 22.6 Å². The smallest absolute Gasteiger partial charge is 0.160 e. The highest BCUT2D eigenvalue weighted by Gasteiger charge is 2.29. The van der Waals surface area contributed by atoms with Gasteiger partial charge in [-0.2, -0.15) is 0 Å². The van der Waals surface area contributed by atoms with E-state index in [9.17, 15) is 5.11 Å². The van der Waals surface area contributed by atoms with E-state index in [1.54, 1.807) is 7.11 Å². The van der Waals surface area contributed by atoms with E-state index < -0.39 is 0 Å². The predicted molar refractivity (Wildman–Crippen MR) is 99.0 cm³/mol. The average Bonchev–Trinajstić information content (AvgIpc) is 2.57. The fourth-order valence-electron chi connectivity index (χ4n) is 3.63. The minimum absolute atomic E-state index is 0.179. The lowest BCUT2D eigenvalue weighted by Gasteiger charge is -2.30. The standard InChI is InChI=1S/C21H22N2O2/c1-12-8-13(2)20(19(9-12)25-3)18-7-5-14-4-6-17(22-21(14)23-18)15-10-16(24)11-15/h4-9,15-16,24H,10-11H2,1-3H3. The Labute approximate surface area is 147 Å². The van der Waals surface area contributed by atoms with Gasteiger partial charge in [0.15, 0.2) is 5.65 Å². The van der Waals surface area contributed by atoms with Gasteiger partial charge in [-0.1, -0.05) is 6.07 Å². The van der Waals surface area contributed by atoms with Crippen LogP contribution in [-0.4, -0.2) is 28.3 Å². The molecule has 0 spiro atoms. The maximum atomic E-state index is 9.54. The Morgan fingerprint density at radius 1 is 1.04 bits per heavy atom. The first-order chi connectivity index (χ1) is 12.0. The summed E-state index contributed by atoms with van der Waals surface area (Å²) < 4.78 is 5.59. The second-order valence-corrected chi connectivity index (χ2v) is 6.96. The Morgan fingerprint density at radius 2 is 1.80 bits per heavy atom. The molecule has 0 atom stereocenters. The predicted octanol–water partition coefficient (Wildman–Crippen LogP) is 4.16. The number of aliphatic hydroxyl groups is 1. The van der Waals surface area contributed by atoms with E-state index in [-0.39, 0.29) is 6.10 Å². The molecular weight excluding hydrogens is 312 g/mol. The van der Waals surface area contributed by atoms with Gasteiger partial charge in [0.2, 0.25) is 0 Å². The zero-order chi connectivity index (χ0) is 17.6. The van der Waals surface area contributed by atoms with E-state index in [0.717, 1.165) is 52.1 Å². The summed E-state index contributed by atoms with van der Waals surface area (Å²) in [6.45, 7) is 4.14. The first-order valence-electron chi connectivity index (χ1n) is 8.66. The molecular formula is C21H22N2O2. The molecule has 0 unspecified atom stereocenters. The van der Waals surface area contributed by atoms with Crippen molar-refractivity contribution in [3.63, 3.8) is 0 Å². The van der Waals surface area contributed by atoms with Crippen LogP contribution in [0.2, 0.25) is 0 Å². The van der Waals surface area contributed by atoms with E-state index in [2.05, 4.69) is 38.1 Å². The SMILES string of the molecule is COc1cc(C)cc(C)c1-c1ccc2ccc(C3CC(O)C3)nc2n1. The van der Waals surface area contributed by atoms with Crippen molar-refractivity contribution in [1.82, 2.24) is 9.97 Å². The van der Waals surface area contributed by atoms with Gasteiger partial charge in [0.25, 0.3) is 0 Å². The maximum Gasteiger partial charge on any atom is 0.160 e. The highest BCUT2D eigenvalue weighted by atomic mass is 16.5. The third-order valence-corrected chi connectivity index (χ3v) is 5.03. The Balaban J connectivity index is 1.81. The lowest BCUT2D eigenvalue weighted by atomic mass is 9.80. The summed E-state index contributed by atoms with van der Waals surface area (Å²) in [4.78, 5) is 9.57. The summed E-state index contributed by atoms with van der Waals surface area (Å²) in [6.07, 6.45) is 1.41. The third kappa shape index (κ3) is 2.87. The highest BCUT2D eigenvalue weighted by molar-refractivity contribution is 5.81. The molecule has 1 aliphatic rings. The molecule has 0 amide bonds. The molecule has 2 heterocycles. The van der Waals surface area contributed by atoms with Gasteiger partial charge in [-0.25, -0.2) is 9.97 Å². The first kappa shape index (κ1) is 16.0. The molecule has 3 aromatic rings. The maximum absolute atomic E-state index is 9.54. The fourth-order valence-corrected chi connectivity index (χ4v) is 3.63.